The predicted molar refractivity (Wildman–Crippen MR) is 77.2 cm³/mol. The van der Waals surface area contributed by atoms with Crippen molar-refractivity contribution in [1.82, 2.24) is 0 Å². The summed E-state index contributed by atoms with van der Waals surface area (Å²) in [5.74, 6) is -0.386. The van der Waals surface area contributed by atoms with Gasteiger partial charge in [0.1, 0.15) is 5.82 Å². The zero-order valence-corrected chi connectivity index (χ0v) is 13.0. The molecule has 1 aromatic rings. The number of hydrogen-bond acceptors (Lipinski definition) is 1. The van der Waals surface area contributed by atoms with Crippen LogP contribution < -0.4 is 5.73 Å². The maximum Gasteiger partial charge on any atom is 0.148 e. The molecule has 0 aromatic heterocycles. The summed E-state index contributed by atoms with van der Waals surface area (Å²) in [6.45, 7) is 4.23. The first-order chi connectivity index (χ1) is 8.29. The molecule has 1 aromatic carbocycles. The summed E-state index contributed by atoms with van der Waals surface area (Å²) in [7, 11) is 0. The third kappa shape index (κ3) is 2.10. The van der Waals surface area contributed by atoms with Crippen molar-refractivity contribution in [2.45, 2.75) is 45.1 Å². The van der Waals surface area contributed by atoms with Crippen LogP contribution in [0.15, 0.2) is 16.6 Å². The minimum absolute atomic E-state index is 0.122. The maximum absolute atomic E-state index is 14.4. The quantitative estimate of drug-likeness (QED) is 0.719. The van der Waals surface area contributed by atoms with E-state index >= 15 is 0 Å². The smallest absolute Gasteiger partial charge is 0.148 e. The van der Waals surface area contributed by atoms with E-state index in [1.54, 1.807) is 12.1 Å². The average molecular weight is 335 g/mol. The number of hydrogen-bond donors (Lipinski definition) is 1. The topological polar surface area (TPSA) is 26.0 Å². The summed E-state index contributed by atoms with van der Waals surface area (Å²) in [5, 5.41) is 0.124. The van der Waals surface area contributed by atoms with Gasteiger partial charge in [0.05, 0.1) is 5.02 Å². The van der Waals surface area contributed by atoms with Gasteiger partial charge in [-0.15, -0.1) is 0 Å². The van der Waals surface area contributed by atoms with Gasteiger partial charge >= 0.3 is 0 Å². The Labute approximate surface area is 121 Å². The van der Waals surface area contributed by atoms with E-state index < -0.39 is 5.54 Å². The molecule has 2 rings (SSSR count). The molecule has 1 saturated carbocycles. The van der Waals surface area contributed by atoms with Gasteiger partial charge in [-0.3, -0.25) is 0 Å². The molecule has 1 fully saturated rings. The maximum atomic E-state index is 14.4. The average Bonchev–Trinajstić information content (AvgIpc) is 2.30. The van der Waals surface area contributed by atoms with Crippen molar-refractivity contribution in [3.63, 3.8) is 0 Å². The van der Waals surface area contributed by atoms with Gasteiger partial charge in [-0.05, 0) is 40.3 Å². The highest BCUT2D eigenvalue weighted by atomic mass is 79.9. The second-order valence-corrected chi connectivity index (χ2v) is 7.02. The fourth-order valence-electron chi connectivity index (χ4n) is 2.90. The Hall–Kier alpha value is -0.120. The van der Waals surface area contributed by atoms with E-state index in [0.717, 1.165) is 25.7 Å². The molecular weight excluding hydrogens is 317 g/mol. The van der Waals surface area contributed by atoms with Crippen molar-refractivity contribution in [2.24, 2.45) is 11.1 Å². The highest BCUT2D eigenvalue weighted by Gasteiger charge is 2.46. The second kappa shape index (κ2) is 4.77. The van der Waals surface area contributed by atoms with Crippen molar-refractivity contribution in [3.05, 3.63) is 33.0 Å². The highest BCUT2D eigenvalue weighted by Crippen LogP contribution is 2.49. The second-order valence-electron chi connectivity index (χ2n) is 5.79. The van der Waals surface area contributed by atoms with E-state index in [-0.39, 0.29) is 16.3 Å². The number of halogens is 3. The first-order valence-electron chi connectivity index (χ1n) is 6.22. The van der Waals surface area contributed by atoms with Gasteiger partial charge in [-0.2, -0.15) is 0 Å². The van der Waals surface area contributed by atoms with E-state index in [2.05, 4.69) is 29.8 Å². The Morgan fingerprint density at radius 3 is 2.50 bits per heavy atom. The standard InChI is InChI=1S/C14H18BrClFN/c1-13(2)7-3-4-8-14(13,18)9-5-6-10(15)11(16)12(9)17/h5-6H,3-4,7-8,18H2,1-2H3. The molecule has 1 atom stereocenters. The van der Waals surface area contributed by atoms with Crippen LogP contribution in [0, 0.1) is 11.2 Å². The Balaban J connectivity index is 2.56. The Kier molecular flexibility index (Phi) is 3.79. The van der Waals surface area contributed by atoms with Gasteiger partial charge in [0.15, 0.2) is 0 Å². The van der Waals surface area contributed by atoms with Crippen molar-refractivity contribution in [1.29, 1.82) is 0 Å². The van der Waals surface area contributed by atoms with Crippen LogP contribution in [0.3, 0.4) is 0 Å². The van der Waals surface area contributed by atoms with Gasteiger partial charge < -0.3 is 5.73 Å². The van der Waals surface area contributed by atoms with E-state index in [0.29, 0.717) is 10.0 Å². The Morgan fingerprint density at radius 2 is 1.89 bits per heavy atom. The highest BCUT2D eigenvalue weighted by molar-refractivity contribution is 9.10. The number of nitrogens with two attached hydrogens (primary N) is 1. The SMILES string of the molecule is CC1(C)CCCCC1(N)c1ccc(Br)c(Cl)c1F. The minimum Gasteiger partial charge on any atom is -0.321 e. The normalized spacial score (nSPS) is 27.2. The molecule has 0 bridgehead atoms. The molecule has 4 heteroatoms. The van der Waals surface area contributed by atoms with Crippen LogP contribution >= 0.6 is 27.5 Å². The fraction of sp³-hybridized carbons (Fsp3) is 0.571. The van der Waals surface area contributed by atoms with Crippen LogP contribution in [-0.4, -0.2) is 0 Å². The zero-order valence-electron chi connectivity index (χ0n) is 10.7. The van der Waals surface area contributed by atoms with Crippen LogP contribution in [0.5, 0.6) is 0 Å². The molecule has 1 aliphatic carbocycles. The van der Waals surface area contributed by atoms with Crippen molar-refractivity contribution >= 4 is 27.5 Å². The monoisotopic (exact) mass is 333 g/mol. The van der Waals surface area contributed by atoms with Gasteiger partial charge in [0.25, 0.3) is 0 Å². The lowest BCUT2D eigenvalue weighted by Crippen LogP contribution is -2.52. The Morgan fingerprint density at radius 1 is 1.28 bits per heavy atom. The molecule has 1 nitrogen and oxygen atoms in total. The molecule has 18 heavy (non-hydrogen) atoms. The van der Waals surface area contributed by atoms with Crippen LogP contribution in [0.4, 0.5) is 4.39 Å². The summed E-state index contributed by atoms with van der Waals surface area (Å²) in [5.41, 5.74) is 6.35. The first-order valence-corrected chi connectivity index (χ1v) is 7.39. The molecule has 2 N–H and O–H groups in total. The molecule has 0 radical (unpaired) electrons. The molecular formula is C14H18BrClFN. The molecule has 0 amide bonds. The van der Waals surface area contributed by atoms with Crippen molar-refractivity contribution in [3.8, 4) is 0 Å². The molecule has 0 spiro atoms. The Bertz CT molecular complexity index is 475. The third-order valence-electron chi connectivity index (χ3n) is 4.35. The summed E-state index contributed by atoms with van der Waals surface area (Å²) >= 11 is 9.22. The molecule has 100 valence electrons. The fourth-order valence-corrected chi connectivity index (χ4v) is 3.37. The largest absolute Gasteiger partial charge is 0.321 e. The third-order valence-corrected chi connectivity index (χ3v) is 5.61. The first kappa shape index (κ1) is 14.3. The van der Waals surface area contributed by atoms with Crippen LogP contribution in [0.2, 0.25) is 5.02 Å². The van der Waals surface area contributed by atoms with Gasteiger partial charge in [-0.25, -0.2) is 4.39 Å². The van der Waals surface area contributed by atoms with Crippen molar-refractivity contribution in [2.75, 3.05) is 0 Å². The van der Waals surface area contributed by atoms with Gasteiger partial charge in [-0.1, -0.05) is 44.4 Å². The van der Waals surface area contributed by atoms with Crippen LogP contribution in [0.25, 0.3) is 0 Å². The van der Waals surface area contributed by atoms with E-state index in [1.165, 1.54) is 0 Å². The molecule has 0 saturated heterocycles. The summed E-state index contributed by atoms with van der Waals surface area (Å²) in [4.78, 5) is 0. The van der Waals surface area contributed by atoms with Gasteiger partial charge in [0, 0.05) is 15.6 Å². The lowest BCUT2D eigenvalue weighted by atomic mass is 9.61. The number of benzene rings is 1. The molecule has 0 aliphatic heterocycles. The minimum atomic E-state index is -0.639. The van der Waals surface area contributed by atoms with E-state index in [4.69, 9.17) is 17.3 Å². The molecule has 1 unspecified atom stereocenters. The molecule has 1 aliphatic rings. The summed E-state index contributed by atoms with van der Waals surface area (Å²) < 4.78 is 15.0. The van der Waals surface area contributed by atoms with Crippen LogP contribution in [-0.2, 0) is 5.54 Å². The predicted octanol–water partition coefficient (Wildman–Crippen LogP) is 5.00. The lowest BCUT2D eigenvalue weighted by Gasteiger charge is -2.48. The van der Waals surface area contributed by atoms with Crippen LogP contribution in [0.1, 0.15) is 45.1 Å². The van der Waals surface area contributed by atoms with Gasteiger partial charge in [0.2, 0.25) is 0 Å². The zero-order chi connectivity index (χ0) is 13.6. The van der Waals surface area contributed by atoms with E-state index in [1.807, 2.05) is 0 Å². The van der Waals surface area contributed by atoms with E-state index in [9.17, 15) is 4.39 Å². The van der Waals surface area contributed by atoms with Crippen molar-refractivity contribution < 1.29 is 4.39 Å². The lowest BCUT2D eigenvalue weighted by molar-refractivity contribution is 0.0943. The number of rotatable bonds is 1. The summed E-state index contributed by atoms with van der Waals surface area (Å²) in [6, 6.07) is 3.54. The molecule has 0 heterocycles. The summed E-state index contributed by atoms with van der Waals surface area (Å²) in [6.07, 6.45) is 4.00.